The summed E-state index contributed by atoms with van der Waals surface area (Å²) >= 11 is 0. The fourth-order valence-corrected chi connectivity index (χ4v) is 4.99. The van der Waals surface area contributed by atoms with Gasteiger partial charge in [-0.2, -0.15) is 4.31 Å². The first-order valence-electron chi connectivity index (χ1n) is 11.0. The van der Waals surface area contributed by atoms with Crippen molar-refractivity contribution in [2.45, 2.75) is 38.8 Å². The number of sulfonamides is 1. The molecule has 0 unspecified atom stereocenters. The van der Waals surface area contributed by atoms with E-state index >= 15 is 0 Å². The predicted molar refractivity (Wildman–Crippen MR) is 129 cm³/mol. The minimum atomic E-state index is -3.68. The molecule has 0 radical (unpaired) electrons. The Morgan fingerprint density at radius 3 is 2.32 bits per heavy atom. The van der Waals surface area contributed by atoms with Crippen LogP contribution in [0.5, 0.6) is 0 Å². The molecule has 1 aromatic heterocycles. The Morgan fingerprint density at radius 2 is 1.65 bits per heavy atom. The molecule has 3 aromatic rings. The molecule has 2 aromatic carbocycles. The highest BCUT2D eigenvalue weighted by atomic mass is 32.2. The minimum Gasteiger partial charge on any atom is -0.467 e. The van der Waals surface area contributed by atoms with Gasteiger partial charge in [-0.3, -0.25) is 9.59 Å². The summed E-state index contributed by atoms with van der Waals surface area (Å²) in [6.07, 6.45) is 1.54. The average molecular weight is 484 g/mol. The first kappa shape index (κ1) is 25.2. The number of amides is 2. The number of carbonyl (C=O) groups is 2. The van der Waals surface area contributed by atoms with E-state index in [2.05, 4.69) is 10.6 Å². The average Bonchev–Trinajstić information content (AvgIpc) is 3.35. The Labute approximate surface area is 200 Å². The van der Waals surface area contributed by atoms with Crippen molar-refractivity contribution in [2.24, 2.45) is 0 Å². The van der Waals surface area contributed by atoms with Gasteiger partial charge in [-0.15, -0.1) is 0 Å². The number of furan rings is 1. The van der Waals surface area contributed by atoms with Gasteiger partial charge in [0.05, 0.1) is 17.7 Å². The van der Waals surface area contributed by atoms with Crippen LogP contribution < -0.4 is 10.6 Å². The molecule has 2 N–H and O–H groups in total. The van der Waals surface area contributed by atoms with Gasteiger partial charge < -0.3 is 15.1 Å². The van der Waals surface area contributed by atoms with Gasteiger partial charge in [0.1, 0.15) is 5.76 Å². The lowest BCUT2D eigenvalue weighted by Crippen LogP contribution is -2.31. The Hall–Kier alpha value is -3.43. The fourth-order valence-electron chi connectivity index (χ4n) is 3.50. The molecule has 34 heavy (non-hydrogen) atoms. The standard InChI is InChI=1S/C25H29N3O5S/c1-4-28(5-2)34(31,32)22-12-11-18(3)23(15-22)25(30)26-16-19-8-6-9-20(14-19)24(29)27-17-21-10-7-13-33-21/h6-15H,4-5,16-17H2,1-3H3,(H,26,30)(H,27,29). The lowest BCUT2D eigenvalue weighted by atomic mass is 10.1. The molecule has 0 saturated carbocycles. The summed E-state index contributed by atoms with van der Waals surface area (Å²) in [7, 11) is -3.68. The molecule has 0 aliphatic rings. The summed E-state index contributed by atoms with van der Waals surface area (Å²) in [4.78, 5) is 25.4. The van der Waals surface area contributed by atoms with E-state index in [1.54, 1.807) is 69.5 Å². The molecule has 180 valence electrons. The monoisotopic (exact) mass is 483 g/mol. The van der Waals surface area contributed by atoms with Crippen molar-refractivity contribution in [1.82, 2.24) is 14.9 Å². The lowest BCUT2D eigenvalue weighted by Gasteiger charge is -2.19. The summed E-state index contributed by atoms with van der Waals surface area (Å²) in [5.74, 6) is 0.00822. The number of hydrogen-bond donors (Lipinski definition) is 2. The smallest absolute Gasteiger partial charge is 0.251 e. The third-order valence-electron chi connectivity index (χ3n) is 5.44. The number of nitrogens with zero attached hydrogens (tertiary/aromatic N) is 1. The van der Waals surface area contributed by atoms with Gasteiger partial charge in [-0.25, -0.2) is 8.42 Å². The number of carbonyl (C=O) groups excluding carboxylic acids is 2. The highest BCUT2D eigenvalue weighted by molar-refractivity contribution is 7.89. The van der Waals surface area contributed by atoms with E-state index in [0.29, 0.717) is 35.5 Å². The molecule has 3 rings (SSSR count). The zero-order chi connectivity index (χ0) is 24.7. The van der Waals surface area contributed by atoms with Crippen LogP contribution in [0.15, 0.2) is 70.2 Å². The van der Waals surface area contributed by atoms with Crippen LogP contribution in [0.25, 0.3) is 0 Å². The SMILES string of the molecule is CCN(CC)S(=O)(=O)c1ccc(C)c(C(=O)NCc2cccc(C(=O)NCc3ccco3)c2)c1. The Balaban J connectivity index is 1.69. The van der Waals surface area contributed by atoms with Gasteiger partial charge in [0.15, 0.2) is 0 Å². The van der Waals surface area contributed by atoms with Crippen LogP contribution in [0.4, 0.5) is 0 Å². The van der Waals surface area contributed by atoms with Gasteiger partial charge in [0.25, 0.3) is 11.8 Å². The van der Waals surface area contributed by atoms with Crippen molar-refractivity contribution in [1.29, 1.82) is 0 Å². The summed E-state index contributed by atoms with van der Waals surface area (Å²) in [5, 5.41) is 5.60. The molecule has 0 fully saturated rings. The van der Waals surface area contributed by atoms with Crippen LogP contribution in [-0.4, -0.2) is 37.6 Å². The second-order valence-corrected chi connectivity index (χ2v) is 9.65. The molecule has 0 atom stereocenters. The van der Waals surface area contributed by atoms with Crippen LogP contribution in [-0.2, 0) is 23.1 Å². The minimum absolute atomic E-state index is 0.0853. The topological polar surface area (TPSA) is 109 Å². The Kier molecular flexibility index (Phi) is 8.25. The quantitative estimate of drug-likeness (QED) is 0.459. The van der Waals surface area contributed by atoms with E-state index < -0.39 is 10.0 Å². The summed E-state index contributed by atoms with van der Waals surface area (Å²) < 4.78 is 32.2. The van der Waals surface area contributed by atoms with E-state index in [4.69, 9.17) is 4.42 Å². The molecular weight excluding hydrogens is 454 g/mol. The number of aryl methyl sites for hydroxylation is 1. The van der Waals surface area contributed by atoms with Crippen LogP contribution in [0.3, 0.4) is 0 Å². The number of hydrogen-bond acceptors (Lipinski definition) is 5. The first-order valence-corrected chi connectivity index (χ1v) is 12.5. The Bertz CT molecular complexity index is 1250. The zero-order valence-electron chi connectivity index (χ0n) is 19.5. The third-order valence-corrected chi connectivity index (χ3v) is 7.49. The molecular formula is C25H29N3O5S. The summed E-state index contributed by atoms with van der Waals surface area (Å²) in [6.45, 7) is 6.46. The van der Waals surface area contributed by atoms with Gasteiger partial charge in [-0.05, 0) is 54.4 Å². The highest BCUT2D eigenvalue weighted by Crippen LogP contribution is 2.20. The van der Waals surface area contributed by atoms with E-state index in [9.17, 15) is 18.0 Å². The van der Waals surface area contributed by atoms with E-state index in [0.717, 1.165) is 5.56 Å². The molecule has 9 heteroatoms. The Morgan fingerprint density at radius 1 is 0.912 bits per heavy atom. The van der Waals surface area contributed by atoms with Crippen LogP contribution in [0, 0.1) is 6.92 Å². The second kappa shape index (κ2) is 11.1. The largest absolute Gasteiger partial charge is 0.467 e. The highest BCUT2D eigenvalue weighted by Gasteiger charge is 2.23. The van der Waals surface area contributed by atoms with Crippen molar-refractivity contribution in [2.75, 3.05) is 13.1 Å². The van der Waals surface area contributed by atoms with Gasteiger partial charge >= 0.3 is 0 Å². The second-order valence-electron chi connectivity index (χ2n) is 7.71. The maximum Gasteiger partial charge on any atom is 0.251 e. The summed E-state index contributed by atoms with van der Waals surface area (Å²) in [5.41, 5.74) is 2.16. The third kappa shape index (κ3) is 5.92. The molecule has 0 bridgehead atoms. The molecule has 8 nitrogen and oxygen atoms in total. The molecule has 0 saturated heterocycles. The molecule has 2 amide bonds. The zero-order valence-corrected chi connectivity index (χ0v) is 20.3. The van der Waals surface area contributed by atoms with E-state index in [-0.39, 0.29) is 29.8 Å². The summed E-state index contributed by atoms with van der Waals surface area (Å²) in [6, 6.07) is 15.0. The number of benzene rings is 2. The van der Waals surface area contributed by atoms with E-state index in [1.807, 2.05) is 0 Å². The van der Waals surface area contributed by atoms with Gasteiger partial charge in [-0.1, -0.05) is 32.0 Å². The number of rotatable bonds is 10. The van der Waals surface area contributed by atoms with Crippen LogP contribution >= 0.6 is 0 Å². The van der Waals surface area contributed by atoms with Crippen molar-refractivity contribution < 1.29 is 22.4 Å². The van der Waals surface area contributed by atoms with Crippen molar-refractivity contribution in [3.63, 3.8) is 0 Å². The maximum absolute atomic E-state index is 12.9. The molecule has 0 aliphatic heterocycles. The van der Waals surface area contributed by atoms with Gasteiger partial charge in [0.2, 0.25) is 10.0 Å². The normalized spacial score (nSPS) is 11.4. The predicted octanol–water partition coefficient (Wildman–Crippen LogP) is 3.48. The lowest BCUT2D eigenvalue weighted by molar-refractivity contribution is 0.0943. The first-order chi connectivity index (χ1) is 16.3. The van der Waals surface area contributed by atoms with Gasteiger partial charge in [0, 0.05) is 30.8 Å². The van der Waals surface area contributed by atoms with Crippen LogP contribution in [0.2, 0.25) is 0 Å². The molecule has 0 aliphatic carbocycles. The molecule has 0 spiro atoms. The maximum atomic E-state index is 12.9. The van der Waals surface area contributed by atoms with Crippen LogP contribution in [0.1, 0.15) is 51.5 Å². The molecule has 1 heterocycles. The van der Waals surface area contributed by atoms with Crippen molar-refractivity contribution >= 4 is 21.8 Å². The van der Waals surface area contributed by atoms with Crippen molar-refractivity contribution in [3.8, 4) is 0 Å². The van der Waals surface area contributed by atoms with E-state index in [1.165, 1.54) is 16.4 Å². The van der Waals surface area contributed by atoms with Crippen molar-refractivity contribution in [3.05, 3.63) is 88.9 Å². The number of nitrogens with one attached hydrogen (secondary N) is 2. The fraction of sp³-hybridized carbons (Fsp3) is 0.280.